The van der Waals surface area contributed by atoms with Crippen molar-refractivity contribution >= 4 is 23.3 Å². The number of nitrogens with one attached hydrogen (secondary N) is 1. The molecule has 0 aliphatic carbocycles. The van der Waals surface area contributed by atoms with Gasteiger partial charge in [-0.05, 0) is 37.1 Å². The van der Waals surface area contributed by atoms with Crippen molar-refractivity contribution in [3.05, 3.63) is 53.9 Å². The fourth-order valence-electron chi connectivity index (χ4n) is 2.85. The van der Waals surface area contributed by atoms with Gasteiger partial charge in [-0.2, -0.15) is 0 Å². The van der Waals surface area contributed by atoms with E-state index in [1.165, 1.54) is 18.3 Å². The fraction of sp³-hybridized carbons (Fsp3) is 0.278. The maximum atomic E-state index is 12.5. The predicted molar refractivity (Wildman–Crippen MR) is 93.0 cm³/mol. The number of carbonyl (C=O) groups excluding carboxylic acids is 1. The van der Waals surface area contributed by atoms with Gasteiger partial charge in [0.2, 0.25) is 0 Å². The number of aromatic carboxylic acids is 1. The number of carbonyl (C=O) groups is 2. The molecule has 3 rings (SSSR count). The van der Waals surface area contributed by atoms with Gasteiger partial charge in [0.05, 0.1) is 17.5 Å². The SMILES string of the molecule is O=C(Nc1ccccc1N1CCC(O)CC1)c1ccnc(C(=O)O)c1. The number of hydrogen-bond donors (Lipinski definition) is 3. The van der Waals surface area contributed by atoms with Crippen LogP contribution in [0.5, 0.6) is 0 Å². The first-order chi connectivity index (χ1) is 12.0. The zero-order chi connectivity index (χ0) is 17.8. The Morgan fingerprint density at radius 2 is 1.88 bits per heavy atom. The molecular weight excluding hydrogens is 322 g/mol. The third kappa shape index (κ3) is 3.95. The second-order valence-corrected chi connectivity index (χ2v) is 5.92. The van der Waals surface area contributed by atoms with E-state index in [0.29, 0.717) is 31.6 Å². The summed E-state index contributed by atoms with van der Waals surface area (Å²) in [7, 11) is 0. The van der Waals surface area contributed by atoms with Crippen LogP contribution in [0.2, 0.25) is 0 Å². The zero-order valence-corrected chi connectivity index (χ0v) is 13.6. The summed E-state index contributed by atoms with van der Waals surface area (Å²) in [5.74, 6) is -1.57. The highest BCUT2D eigenvalue weighted by atomic mass is 16.4. The third-order valence-corrected chi connectivity index (χ3v) is 4.20. The lowest BCUT2D eigenvalue weighted by atomic mass is 10.1. The molecule has 1 saturated heterocycles. The number of carboxylic acid groups (broad SMARTS) is 1. The van der Waals surface area contributed by atoms with Gasteiger partial charge in [-0.15, -0.1) is 0 Å². The van der Waals surface area contributed by atoms with Crippen molar-refractivity contribution in [1.29, 1.82) is 0 Å². The summed E-state index contributed by atoms with van der Waals surface area (Å²) in [4.78, 5) is 29.3. The van der Waals surface area contributed by atoms with Crippen LogP contribution >= 0.6 is 0 Å². The van der Waals surface area contributed by atoms with E-state index in [1.807, 2.05) is 18.2 Å². The first-order valence-electron chi connectivity index (χ1n) is 8.07. The van der Waals surface area contributed by atoms with Gasteiger partial charge in [0, 0.05) is 24.8 Å². The molecule has 0 unspecified atom stereocenters. The topological polar surface area (TPSA) is 103 Å². The highest BCUT2D eigenvalue weighted by molar-refractivity contribution is 6.06. The first kappa shape index (κ1) is 16.9. The molecule has 0 atom stereocenters. The van der Waals surface area contributed by atoms with Gasteiger partial charge < -0.3 is 20.4 Å². The number of piperidine rings is 1. The molecule has 3 N–H and O–H groups in total. The zero-order valence-electron chi connectivity index (χ0n) is 13.6. The van der Waals surface area contributed by atoms with Crippen molar-refractivity contribution in [3.8, 4) is 0 Å². The van der Waals surface area contributed by atoms with Crippen LogP contribution in [-0.2, 0) is 0 Å². The highest BCUT2D eigenvalue weighted by Crippen LogP contribution is 2.28. The Morgan fingerprint density at radius 1 is 1.16 bits per heavy atom. The largest absolute Gasteiger partial charge is 0.477 e. The highest BCUT2D eigenvalue weighted by Gasteiger charge is 2.20. The minimum atomic E-state index is -1.18. The summed E-state index contributed by atoms with van der Waals surface area (Å²) in [6.07, 6.45) is 2.41. The molecule has 7 nitrogen and oxygen atoms in total. The summed E-state index contributed by atoms with van der Waals surface area (Å²) in [6.45, 7) is 1.43. The smallest absolute Gasteiger partial charge is 0.354 e. The second kappa shape index (κ2) is 7.31. The molecule has 0 spiro atoms. The number of aliphatic hydroxyl groups excluding tert-OH is 1. The summed E-state index contributed by atoms with van der Waals surface area (Å²) in [5.41, 5.74) is 1.59. The summed E-state index contributed by atoms with van der Waals surface area (Å²) >= 11 is 0. The molecule has 1 aromatic heterocycles. The number of hydrogen-bond acceptors (Lipinski definition) is 5. The van der Waals surface area contributed by atoms with Crippen molar-refractivity contribution < 1.29 is 19.8 Å². The molecule has 130 valence electrons. The van der Waals surface area contributed by atoms with Crippen LogP contribution < -0.4 is 10.2 Å². The van der Waals surface area contributed by atoms with E-state index < -0.39 is 11.9 Å². The Balaban J connectivity index is 1.80. The average Bonchev–Trinajstić information content (AvgIpc) is 2.63. The van der Waals surface area contributed by atoms with Crippen molar-refractivity contribution in [2.24, 2.45) is 0 Å². The number of anilines is 2. The molecule has 1 fully saturated rings. The maximum Gasteiger partial charge on any atom is 0.354 e. The van der Waals surface area contributed by atoms with E-state index in [0.717, 1.165) is 5.69 Å². The normalized spacial score (nSPS) is 15.0. The molecule has 1 aliphatic rings. The molecule has 2 aromatic rings. The van der Waals surface area contributed by atoms with Crippen LogP contribution in [0.1, 0.15) is 33.7 Å². The molecule has 1 aliphatic heterocycles. The number of benzene rings is 1. The second-order valence-electron chi connectivity index (χ2n) is 5.92. The van der Waals surface area contributed by atoms with Crippen molar-refractivity contribution in [3.63, 3.8) is 0 Å². The molecule has 2 heterocycles. The molecule has 1 amide bonds. The van der Waals surface area contributed by atoms with Crippen LogP contribution in [0.4, 0.5) is 11.4 Å². The van der Waals surface area contributed by atoms with Crippen LogP contribution in [0.25, 0.3) is 0 Å². The molecule has 0 radical (unpaired) electrons. The van der Waals surface area contributed by atoms with Crippen molar-refractivity contribution in [2.45, 2.75) is 18.9 Å². The van der Waals surface area contributed by atoms with E-state index >= 15 is 0 Å². The maximum absolute atomic E-state index is 12.5. The Labute approximate surface area is 144 Å². The Bertz CT molecular complexity index is 785. The fourth-order valence-corrected chi connectivity index (χ4v) is 2.85. The van der Waals surface area contributed by atoms with Gasteiger partial charge in [0.25, 0.3) is 5.91 Å². The Kier molecular flexibility index (Phi) is 4.95. The number of nitrogens with zero attached hydrogens (tertiary/aromatic N) is 2. The van der Waals surface area contributed by atoms with Gasteiger partial charge in [-0.1, -0.05) is 12.1 Å². The minimum Gasteiger partial charge on any atom is -0.477 e. The third-order valence-electron chi connectivity index (χ3n) is 4.20. The standard InChI is InChI=1S/C18H19N3O4/c22-13-6-9-21(10-7-13)16-4-2-1-3-14(16)20-17(23)12-5-8-19-15(11-12)18(24)25/h1-5,8,11,13,22H,6-7,9-10H2,(H,20,23)(H,24,25). The number of amides is 1. The molecule has 7 heteroatoms. The van der Waals surface area contributed by atoms with Crippen LogP contribution in [0, 0.1) is 0 Å². The quantitative estimate of drug-likeness (QED) is 0.786. The van der Waals surface area contributed by atoms with Crippen LogP contribution in [0.3, 0.4) is 0 Å². The van der Waals surface area contributed by atoms with E-state index in [-0.39, 0.29) is 17.4 Å². The lowest BCUT2D eigenvalue weighted by Gasteiger charge is -2.32. The number of aromatic nitrogens is 1. The van der Waals surface area contributed by atoms with Crippen LogP contribution in [0.15, 0.2) is 42.6 Å². The summed E-state index contributed by atoms with van der Waals surface area (Å²) < 4.78 is 0. The first-order valence-corrected chi connectivity index (χ1v) is 8.07. The average molecular weight is 341 g/mol. The molecule has 25 heavy (non-hydrogen) atoms. The van der Waals surface area contributed by atoms with Crippen LogP contribution in [-0.4, -0.2) is 46.3 Å². The number of rotatable bonds is 4. The van der Waals surface area contributed by atoms with E-state index in [4.69, 9.17) is 5.11 Å². The Hall–Kier alpha value is -2.93. The van der Waals surface area contributed by atoms with E-state index in [9.17, 15) is 14.7 Å². The lowest BCUT2D eigenvalue weighted by Crippen LogP contribution is -2.36. The van der Waals surface area contributed by atoms with Gasteiger partial charge in [0.1, 0.15) is 5.69 Å². The number of pyridine rings is 1. The number of para-hydroxylation sites is 2. The van der Waals surface area contributed by atoms with Gasteiger partial charge in [-0.25, -0.2) is 9.78 Å². The predicted octanol–water partition coefficient (Wildman–Crippen LogP) is 1.99. The van der Waals surface area contributed by atoms with Gasteiger partial charge >= 0.3 is 5.97 Å². The minimum absolute atomic E-state index is 0.175. The molecular formula is C18H19N3O4. The Morgan fingerprint density at radius 3 is 2.60 bits per heavy atom. The summed E-state index contributed by atoms with van der Waals surface area (Å²) in [5, 5.41) is 21.5. The molecule has 0 saturated carbocycles. The number of aliphatic hydroxyl groups is 1. The van der Waals surface area contributed by atoms with Crippen molar-refractivity contribution in [1.82, 2.24) is 4.98 Å². The van der Waals surface area contributed by atoms with E-state index in [2.05, 4.69) is 15.2 Å². The number of carboxylic acids is 1. The molecule has 1 aromatic carbocycles. The van der Waals surface area contributed by atoms with Gasteiger partial charge in [-0.3, -0.25) is 4.79 Å². The summed E-state index contributed by atoms with van der Waals surface area (Å²) in [6, 6.07) is 10.2. The van der Waals surface area contributed by atoms with Gasteiger partial charge in [0.15, 0.2) is 0 Å². The lowest BCUT2D eigenvalue weighted by molar-refractivity contribution is 0.0690. The van der Waals surface area contributed by atoms with E-state index in [1.54, 1.807) is 6.07 Å². The molecule has 0 bridgehead atoms. The van der Waals surface area contributed by atoms with Crippen molar-refractivity contribution in [2.75, 3.05) is 23.3 Å². The monoisotopic (exact) mass is 341 g/mol.